The summed E-state index contributed by atoms with van der Waals surface area (Å²) in [5.41, 5.74) is -0.118. The van der Waals surface area contributed by atoms with E-state index in [0.717, 1.165) is 25.9 Å². The van der Waals surface area contributed by atoms with Gasteiger partial charge < -0.3 is 5.32 Å². The summed E-state index contributed by atoms with van der Waals surface area (Å²) in [6.45, 7) is 5.74. The first-order chi connectivity index (χ1) is 8.73. The Balaban J connectivity index is 2.00. The molecule has 0 aromatic rings. The third kappa shape index (κ3) is 3.85. The van der Waals surface area contributed by atoms with Crippen molar-refractivity contribution in [2.75, 3.05) is 19.6 Å². The molecule has 5 heteroatoms. The first kappa shape index (κ1) is 15.1. The van der Waals surface area contributed by atoms with Crippen LogP contribution in [0.2, 0.25) is 0 Å². The maximum absolute atomic E-state index is 12.5. The molecule has 2 aliphatic rings. The average molecular weight is 278 g/mol. The number of hydrogen-bond donors (Lipinski definition) is 1. The van der Waals surface area contributed by atoms with Crippen LogP contribution in [0.25, 0.3) is 0 Å². The van der Waals surface area contributed by atoms with Crippen molar-refractivity contribution in [1.29, 1.82) is 0 Å². The second-order valence-electron chi connectivity index (χ2n) is 6.79. The van der Waals surface area contributed by atoms with E-state index in [1.165, 1.54) is 19.3 Å². The highest BCUT2D eigenvalue weighted by molar-refractivity contribution is 5.03. The van der Waals surface area contributed by atoms with Crippen LogP contribution in [0.15, 0.2) is 0 Å². The van der Waals surface area contributed by atoms with Gasteiger partial charge in [0, 0.05) is 30.7 Å². The minimum atomic E-state index is -4.05. The minimum Gasteiger partial charge on any atom is -0.308 e. The molecule has 0 radical (unpaired) electrons. The standard InChI is InChI=1S/C14H25F3N2/c1-12(2)10-18-13(6-4-3-5-7-13)11-19(12)9-8-14(15,16)17/h18H,3-11H2,1-2H3. The second kappa shape index (κ2) is 5.24. The molecular weight excluding hydrogens is 253 g/mol. The second-order valence-corrected chi connectivity index (χ2v) is 6.79. The molecule has 1 saturated carbocycles. The molecule has 0 bridgehead atoms. The van der Waals surface area contributed by atoms with Gasteiger partial charge in [0.05, 0.1) is 6.42 Å². The van der Waals surface area contributed by atoms with Gasteiger partial charge in [-0.15, -0.1) is 0 Å². The van der Waals surface area contributed by atoms with E-state index in [0.29, 0.717) is 0 Å². The summed E-state index contributed by atoms with van der Waals surface area (Å²) in [4.78, 5) is 2.04. The zero-order chi connectivity index (χ0) is 14.1. The number of nitrogens with one attached hydrogen (secondary N) is 1. The van der Waals surface area contributed by atoms with Crippen LogP contribution in [-0.2, 0) is 0 Å². The summed E-state index contributed by atoms with van der Waals surface area (Å²) in [6, 6.07) is 0. The van der Waals surface area contributed by atoms with Crippen LogP contribution >= 0.6 is 0 Å². The van der Waals surface area contributed by atoms with Gasteiger partial charge >= 0.3 is 6.18 Å². The zero-order valence-electron chi connectivity index (χ0n) is 11.9. The Morgan fingerprint density at radius 2 is 1.74 bits per heavy atom. The van der Waals surface area contributed by atoms with Crippen molar-refractivity contribution < 1.29 is 13.2 Å². The average Bonchev–Trinajstić information content (AvgIpc) is 2.31. The Morgan fingerprint density at radius 1 is 1.11 bits per heavy atom. The lowest BCUT2D eigenvalue weighted by Crippen LogP contribution is -2.68. The van der Waals surface area contributed by atoms with Gasteiger partial charge in [-0.25, -0.2) is 0 Å². The largest absolute Gasteiger partial charge is 0.390 e. The summed E-state index contributed by atoms with van der Waals surface area (Å²) >= 11 is 0. The maximum Gasteiger partial charge on any atom is 0.390 e. The van der Waals surface area contributed by atoms with E-state index >= 15 is 0 Å². The molecule has 19 heavy (non-hydrogen) atoms. The lowest BCUT2D eigenvalue weighted by Gasteiger charge is -2.53. The van der Waals surface area contributed by atoms with Gasteiger partial charge in [-0.3, -0.25) is 4.90 Å². The van der Waals surface area contributed by atoms with Crippen molar-refractivity contribution in [3.05, 3.63) is 0 Å². The smallest absolute Gasteiger partial charge is 0.308 e. The highest BCUT2D eigenvalue weighted by Gasteiger charge is 2.44. The number of nitrogens with zero attached hydrogens (tertiary/aromatic N) is 1. The molecule has 0 aromatic heterocycles. The molecule has 0 atom stereocenters. The SMILES string of the molecule is CC1(C)CNC2(CCCCC2)CN1CCC(F)(F)F. The first-order valence-corrected chi connectivity index (χ1v) is 7.29. The summed E-state index contributed by atoms with van der Waals surface area (Å²) in [5, 5.41) is 3.63. The van der Waals surface area contributed by atoms with Crippen LogP contribution in [0.3, 0.4) is 0 Å². The first-order valence-electron chi connectivity index (χ1n) is 7.29. The molecule has 0 unspecified atom stereocenters. The Morgan fingerprint density at radius 3 is 2.32 bits per heavy atom. The van der Waals surface area contributed by atoms with E-state index in [2.05, 4.69) is 5.32 Å². The van der Waals surface area contributed by atoms with E-state index in [1.807, 2.05) is 18.7 Å². The van der Waals surface area contributed by atoms with Crippen molar-refractivity contribution in [3.8, 4) is 0 Å². The van der Waals surface area contributed by atoms with E-state index in [4.69, 9.17) is 0 Å². The van der Waals surface area contributed by atoms with Crippen molar-refractivity contribution >= 4 is 0 Å². The van der Waals surface area contributed by atoms with Crippen molar-refractivity contribution in [3.63, 3.8) is 0 Å². The Bertz CT molecular complexity index is 306. The molecule has 2 rings (SSSR count). The van der Waals surface area contributed by atoms with Gasteiger partial charge in [0.1, 0.15) is 0 Å². The fourth-order valence-electron chi connectivity index (χ4n) is 3.36. The molecule has 1 aliphatic carbocycles. The van der Waals surface area contributed by atoms with Crippen LogP contribution in [0, 0.1) is 0 Å². The summed E-state index contributed by atoms with van der Waals surface area (Å²) in [5.74, 6) is 0. The van der Waals surface area contributed by atoms with Crippen LogP contribution in [0.5, 0.6) is 0 Å². The molecule has 1 aliphatic heterocycles. The molecule has 0 aromatic carbocycles. The van der Waals surface area contributed by atoms with Crippen LogP contribution in [0.1, 0.15) is 52.4 Å². The Labute approximate surface area is 113 Å². The number of alkyl halides is 3. The topological polar surface area (TPSA) is 15.3 Å². The van der Waals surface area contributed by atoms with E-state index in [-0.39, 0.29) is 17.6 Å². The van der Waals surface area contributed by atoms with E-state index in [1.54, 1.807) is 0 Å². The van der Waals surface area contributed by atoms with Crippen molar-refractivity contribution in [2.24, 2.45) is 0 Å². The summed E-state index contributed by atoms with van der Waals surface area (Å²) in [6.07, 6.45) is 1.10. The number of halogens is 3. The quantitative estimate of drug-likeness (QED) is 0.833. The van der Waals surface area contributed by atoms with Crippen molar-refractivity contribution in [2.45, 2.75) is 69.6 Å². The van der Waals surface area contributed by atoms with Crippen LogP contribution in [-0.4, -0.2) is 41.8 Å². The molecule has 112 valence electrons. The van der Waals surface area contributed by atoms with Crippen LogP contribution in [0.4, 0.5) is 13.2 Å². The van der Waals surface area contributed by atoms with Gasteiger partial charge in [0.2, 0.25) is 0 Å². The molecule has 0 amide bonds. The lowest BCUT2D eigenvalue weighted by molar-refractivity contribution is -0.143. The van der Waals surface area contributed by atoms with E-state index < -0.39 is 12.6 Å². The molecule has 1 heterocycles. The Kier molecular flexibility index (Phi) is 4.17. The summed E-state index contributed by atoms with van der Waals surface area (Å²) in [7, 11) is 0. The molecule has 2 nitrogen and oxygen atoms in total. The predicted octanol–water partition coefficient (Wildman–Crippen LogP) is 3.33. The molecule has 2 fully saturated rings. The fraction of sp³-hybridized carbons (Fsp3) is 1.00. The highest BCUT2D eigenvalue weighted by atomic mass is 19.4. The van der Waals surface area contributed by atoms with E-state index in [9.17, 15) is 13.2 Å². The minimum absolute atomic E-state index is 0.0688. The monoisotopic (exact) mass is 278 g/mol. The van der Waals surface area contributed by atoms with Gasteiger partial charge in [0.25, 0.3) is 0 Å². The lowest BCUT2D eigenvalue weighted by atomic mass is 9.77. The molecular formula is C14H25F3N2. The molecule has 1 saturated heterocycles. The normalized spacial score (nSPS) is 27.6. The highest BCUT2D eigenvalue weighted by Crippen LogP contribution is 2.35. The van der Waals surface area contributed by atoms with Crippen LogP contribution < -0.4 is 5.32 Å². The third-order valence-corrected chi connectivity index (χ3v) is 4.72. The number of rotatable bonds is 2. The van der Waals surface area contributed by atoms with Gasteiger partial charge in [-0.2, -0.15) is 13.2 Å². The molecule has 1 spiro atoms. The third-order valence-electron chi connectivity index (χ3n) is 4.72. The van der Waals surface area contributed by atoms with Gasteiger partial charge in [-0.1, -0.05) is 19.3 Å². The summed E-state index contributed by atoms with van der Waals surface area (Å²) < 4.78 is 37.4. The van der Waals surface area contributed by atoms with Gasteiger partial charge in [-0.05, 0) is 26.7 Å². The Hall–Kier alpha value is -0.290. The maximum atomic E-state index is 12.5. The molecule has 1 N–H and O–H groups in total. The van der Waals surface area contributed by atoms with Crippen molar-refractivity contribution in [1.82, 2.24) is 10.2 Å². The predicted molar refractivity (Wildman–Crippen MR) is 70.1 cm³/mol. The number of piperazine rings is 1. The zero-order valence-corrected chi connectivity index (χ0v) is 11.9. The fourth-order valence-corrected chi connectivity index (χ4v) is 3.36. The number of hydrogen-bond acceptors (Lipinski definition) is 2. The van der Waals surface area contributed by atoms with Gasteiger partial charge in [0.15, 0.2) is 0 Å².